The Bertz CT molecular complexity index is 1450. The molecule has 6 nitrogen and oxygen atoms in total. The van der Waals surface area contributed by atoms with E-state index >= 15 is 0 Å². The number of nitrogens with zero attached hydrogens (tertiary/aromatic N) is 1. The number of alkyl halides is 5. The molecule has 2 unspecified atom stereocenters. The predicted molar refractivity (Wildman–Crippen MR) is 134 cm³/mol. The lowest BCUT2D eigenvalue weighted by molar-refractivity contribution is -0.148. The monoisotopic (exact) mass is 587 g/mol. The molecule has 4 rings (SSSR count). The van der Waals surface area contributed by atoms with Gasteiger partial charge < -0.3 is 14.6 Å². The quantitative estimate of drug-likeness (QED) is 0.290. The summed E-state index contributed by atoms with van der Waals surface area (Å²) in [6, 6.07) is 11.4. The molecule has 214 valence electrons. The van der Waals surface area contributed by atoms with Crippen LogP contribution in [0.1, 0.15) is 25.8 Å². The number of rotatable bonds is 8. The first-order chi connectivity index (χ1) is 18.6. The van der Waals surface area contributed by atoms with Gasteiger partial charge in [-0.05, 0) is 67.4 Å². The second-order valence-corrected chi connectivity index (χ2v) is 11.1. The van der Waals surface area contributed by atoms with E-state index in [1.165, 1.54) is 48.5 Å². The molecule has 0 amide bonds. The Kier molecular flexibility index (Phi) is 8.06. The molecular formula is C27H23F6NO5S. The zero-order valence-corrected chi connectivity index (χ0v) is 21.9. The molecule has 3 aromatic carbocycles. The molecule has 2 atom stereocenters. The van der Waals surface area contributed by atoms with E-state index in [1.54, 1.807) is 0 Å². The first-order valence-corrected chi connectivity index (χ1v) is 12.9. The maximum absolute atomic E-state index is 14.2. The van der Waals surface area contributed by atoms with E-state index in [0.29, 0.717) is 0 Å². The molecule has 1 N–H and O–H groups in total. The minimum absolute atomic E-state index is 0.0158. The summed E-state index contributed by atoms with van der Waals surface area (Å²) in [4.78, 5) is 11.5. The fourth-order valence-corrected chi connectivity index (χ4v) is 5.52. The highest BCUT2D eigenvalue weighted by Gasteiger charge is 2.38. The Balaban J connectivity index is 1.78. The summed E-state index contributed by atoms with van der Waals surface area (Å²) in [7, 11) is -2.21. The fraction of sp³-hybridized carbons (Fsp3) is 0.296. The lowest BCUT2D eigenvalue weighted by atomic mass is 9.86. The summed E-state index contributed by atoms with van der Waals surface area (Å²) < 4.78 is 105. The van der Waals surface area contributed by atoms with Gasteiger partial charge >= 0.3 is 18.8 Å². The number of carboxylic acid groups (broad SMARTS) is 1. The molecule has 0 aliphatic carbocycles. The maximum Gasteiger partial charge on any atom is 0.416 e. The molecule has 3 aromatic rings. The van der Waals surface area contributed by atoms with Crippen LogP contribution in [0.2, 0.25) is 0 Å². The van der Waals surface area contributed by atoms with Crippen LogP contribution in [0.5, 0.6) is 11.5 Å². The average molecular weight is 588 g/mol. The van der Waals surface area contributed by atoms with Crippen LogP contribution in [-0.2, 0) is 22.0 Å². The molecule has 13 heteroatoms. The SMILES string of the molecule is CC(C)(CC1CN(S(=O)c2cccc(C(F)(F)F)c2)c2cc(-c3cc(F)cc(OC(F)F)c3)ccc2O1)C(=O)O. The van der Waals surface area contributed by atoms with E-state index in [9.17, 15) is 40.5 Å². The van der Waals surface area contributed by atoms with Gasteiger partial charge in [0.05, 0.1) is 28.1 Å². The van der Waals surface area contributed by atoms with Gasteiger partial charge in [0, 0.05) is 12.5 Å². The summed E-state index contributed by atoms with van der Waals surface area (Å²) in [5.74, 6) is -2.24. The molecule has 0 spiro atoms. The Hall–Kier alpha value is -3.74. The van der Waals surface area contributed by atoms with E-state index in [-0.39, 0.29) is 40.4 Å². The van der Waals surface area contributed by atoms with Crippen molar-refractivity contribution in [2.45, 2.75) is 44.1 Å². The molecule has 0 radical (unpaired) electrons. The number of carbonyl (C=O) groups is 1. The molecule has 0 saturated heterocycles. The normalized spacial score (nSPS) is 16.3. The van der Waals surface area contributed by atoms with Crippen molar-refractivity contribution in [3.05, 3.63) is 72.0 Å². The van der Waals surface area contributed by atoms with Crippen LogP contribution in [0.25, 0.3) is 11.1 Å². The Morgan fingerprint density at radius 1 is 1.10 bits per heavy atom. The number of hydrogen-bond donors (Lipinski definition) is 1. The third kappa shape index (κ3) is 6.52. The van der Waals surface area contributed by atoms with Crippen molar-refractivity contribution in [1.82, 2.24) is 0 Å². The van der Waals surface area contributed by atoms with Gasteiger partial charge in [-0.1, -0.05) is 12.1 Å². The number of aliphatic carboxylic acids is 1. The van der Waals surface area contributed by atoms with Crippen molar-refractivity contribution in [2.75, 3.05) is 10.8 Å². The molecule has 0 saturated carbocycles. The maximum atomic E-state index is 14.2. The summed E-state index contributed by atoms with van der Waals surface area (Å²) >= 11 is 0. The first kappa shape index (κ1) is 29.2. The minimum atomic E-state index is -4.68. The third-order valence-corrected chi connectivity index (χ3v) is 7.60. The third-order valence-electron chi connectivity index (χ3n) is 6.20. The standard InChI is InChI=1S/C27H23F6NO5S/c1-26(2,24(35)36)13-20-14-34(40(37)21-5-3-4-17(11-21)27(31,32)33)22-10-15(6-7-23(22)38-20)16-8-18(28)12-19(9-16)39-25(29)30/h3-12,20,25H,13-14H2,1-2H3,(H,35,36). The highest BCUT2D eigenvalue weighted by molar-refractivity contribution is 7.86. The zero-order valence-electron chi connectivity index (χ0n) is 21.0. The van der Waals surface area contributed by atoms with Gasteiger partial charge in [0.25, 0.3) is 0 Å². The zero-order chi connectivity index (χ0) is 29.4. The lowest BCUT2D eigenvalue weighted by Crippen LogP contribution is -2.44. The summed E-state index contributed by atoms with van der Waals surface area (Å²) in [6.45, 7) is -0.383. The first-order valence-electron chi connectivity index (χ1n) is 11.8. The van der Waals surface area contributed by atoms with Gasteiger partial charge in [0.2, 0.25) is 0 Å². The molecule has 0 fully saturated rings. The van der Waals surface area contributed by atoms with Crippen molar-refractivity contribution in [3.63, 3.8) is 0 Å². The van der Waals surface area contributed by atoms with Crippen molar-refractivity contribution in [2.24, 2.45) is 5.41 Å². The van der Waals surface area contributed by atoms with Gasteiger partial charge in [-0.25, -0.2) is 8.60 Å². The largest absolute Gasteiger partial charge is 0.486 e. The predicted octanol–water partition coefficient (Wildman–Crippen LogP) is 6.90. The van der Waals surface area contributed by atoms with Crippen LogP contribution in [0, 0.1) is 11.2 Å². The molecule has 0 aromatic heterocycles. The van der Waals surface area contributed by atoms with E-state index in [1.807, 2.05) is 0 Å². The van der Waals surface area contributed by atoms with Crippen molar-refractivity contribution in [1.29, 1.82) is 0 Å². The van der Waals surface area contributed by atoms with E-state index in [0.717, 1.165) is 30.3 Å². The average Bonchev–Trinajstić information content (AvgIpc) is 2.86. The van der Waals surface area contributed by atoms with Gasteiger partial charge in [0.15, 0.2) is 11.0 Å². The number of halogens is 6. The van der Waals surface area contributed by atoms with Crippen molar-refractivity contribution in [3.8, 4) is 22.6 Å². The van der Waals surface area contributed by atoms with Crippen LogP contribution in [0.4, 0.5) is 32.0 Å². The topological polar surface area (TPSA) is 76.1 Å². The second kappa shape index (κ2) is 11.0. The van der Waals surface area contributed by atoms with E-state index in [2.05, 4.69) is 4.74 Å². The Morgan fingerprint density at radius 3 is 2.48 bits per heavy atom. The van der Waals surface area contributed by atoms with Crippen LogP contribution in [-0.4, -0.2) is 34.5 Å². The van der Waals surface area contributed by atoms with Gasteiger partial charge in [-0.2, -0.15) is 22.0 Å². The Morgan fingerprint density at radius 2 is 1.82 bits per heavy atom. The molecule has 40 heavy (non-hydrogen) atoms. The number of benzene rings is 3. The number of hydrogen-bond acceptors (Lipinski definition) is 4. The molecule has 1 heterocycles. The van der Waals surface area contributed by atoms with Crippen LogP contribution >= 0.6 is 0 Å². The lowest BCUT2D eigenvalue weighted by Gasteiger charge is -2.37. The molecule has 1 aliphatic heterocycles. The molecule has 0 bridgehead atoms. The van der Waals surface area contributed by atoms with Gasteiger partial charge in [0.1, 0.15) is 23.4 Å². The number of fused-ring (bicyclic) bond motifs is 1. The van der Waals surface area contributed by atoms with E-state index < -0.39 is 58.4 Å². The summed E-state index contributed by atoms with van der Waals surface area (Å²) in [6.07, 6.45) is -5.50. The van der Waals surface area contributed by atoms with Crippen molar-refractivity contribution >= 4 is 22.6 Å². The summed E-state index contributed by atoms with van der Waals surface area (Å²) in [5.41, 5.74) is -1.66. The highest BCUT2D eigenvalue weighted by atomic mass is 32.2. The van der Waals surface area contributed by atoms with Crippen molar-refractivity contribution < 1.29 is 49.9 Å². The Labute approximate surface area is 227 Å². The minimum Gasteiger partial charge on any atom is -0.486 e. The number of carboxylic acids is 1. The molecular weight excluding hydrogens is 564 g/mol. The number of anilines is 1. The fourth-order valence-electron chi connectivity index (χ4n) is 4.22. The smallest absolute Gasteiger partial charge is 0.416 e. The van der Waals surface area contributed by atoms with Gasteiger partial charge in [-0.15, -0.1) is 0 Å². The van der Waals surface area contributed by atoms with Crippen LogP contribution in [0.3, 0.4) is 0 Å². The van der Waals surface area contributed by atoms with Gasteiger partial charge in [-0.3, -0.25) is 9.10 Å². The second-order valence-electron chi connectivity index (χ2n) is 9.71. The summed E-state index contributed by atoms with van der Waals surface area (Å²) in [5, 5.41) is 9.57. The molecule has 1 aliphatic rings. The van der Waals surface area contributed by atoms with Crippen LogP contribution < -0.4 is 13.8 Å². The highest BCUT2D eigenvalue weighted by Crippen LogP contribution is 2.42. The van der Waals surface area contributed by atoms with E-state index in [4.69, 9.17) is 4.74 Å². The van der Waals surface area contributed by atoms with Crippen LogP contribution in [0.15, 0.2) is 65.6 Å². The number of ether oxygens (including phenoxy) is 2.